The Kier molecular flexibility index (Phi) is 13.6. The molecule has 3 aromatic rings. The van der Waals surface area contributed by atoms with Crippen molar-refractivity contribution in [1.29, 1.82) is 0 Å². The second-order valence-corrected chi connectivity index (χ2v) is 17.3. The lowest BCUT2D eigenvalue weighted by molar-refractivity contribution is -0.123. The second-order valence-electron chi connectivity index (χ2n) is 16.3. The Balaban J connectivity index is 2.18. The lowest BCUT2D eigenvalue weighted by Crippen LogP contribution is -2.22. The van der Waals surface area contributed by atoms with Crippen LogP contribution < -0.4 is 27.8 Å². The van der Waals surface area contributed by atoms with E-state index in [1.807, 2.05) is 18.2 Å². The Morgan fingerprint density at radius 3 is 0.885 bits per heavy atom. The third-order valence-corrected chi connectivity index (χ3v) is 9.49. The highest BCUT2D eigenvalue weighted by Gasteiger charge is 2.32. The molecule has 284 valence electrons. The third-order valence-electron chi connectivity index (χ3n) is 8.45. The van der Waals surface area contributed by atoms with Gasteiger partial charge in [0.05, 0.1) is 0 Å². The highest BCUT2D eigenvalue weighted by molar-refractivity contribution is 7.43. The molecule has 0 radical (unpaired) electrons. The summed E-state index contributed by atoms with van der Waals surface area (Å²) in [5, 5.41) is 0. The van der Waals surface area contributed by atoms with Crippen molar-refractivity contribution in [2.24, 2.45) is 0 Å². The number of ether oxygens (including phenoxy) is 3. The zero-order chi connectivity index (χ0) is 39.3. The SMILES string of the molecule is CC(=O)C(C)Oc1ccc(OP(Oc2ccc(OC(C)C(C)=O)cc2C(C)(C)C)Oc2ccc(OC(C)C(C)=O)cc2C(C)(C)C)c(C(C)(C)C)c1. The van der Waals surface area contributed by atoms with E-state index in [1.54, 1.807) is 57.2 Å². The topological polar surface area (TPSA) is 107 Å². The van der Waals surface area contributed by atoms with Crippen LogP contribution in [0.5, 0.6) is 34.5 Å². The van der Waals surface area contributed by atoms with Crippen molar-refractivity contribution in [3.8, 4) is 34.5 Å². The molecule has 3 unspecified atom stereocenters. The Bertz CT molecular complexity index is 1540. The predicted molar refractivity (Wildman–Crippen MR) is 207 cm³/mol. The zero-order valence-corrected chi connectivity index (χ0v) is 34.4. The van der Waals surface area contributed by atoms with Crippen LogP contribution in [0.4, 0.5) is 0 Å². The van der Waals surface area contributed by atoms with Crippen LogP contribution in [0.15, 0.2) is 54.6 Å². The normalized spacial score (nSPS) is 14.4. The van der Waals surface area contributed by atoms with Gasteiger partial charge in [-0.25, -0.2) is 0 Å². The first-order valence-corrected chi connectivity index (χ1v) is 18.7. The molecule has 0 fully saturated rings. The maximum absolute atomic E-state index is 12.0. The smallest absolute Gasteiger partial charge is 0.483 e. The van der Waals surface area contributed by atoms with Gasteiger partial charge in [0.15, 0.2) is 35.7 Å². The molecule has 0 saturated carbocycles. The van der Waals surface area contributed by atoms with Crippen LogP contribution in [0.2, 0.25) is 0 Å². The summed E-state index contributed by atoms with van der Waals surface area (Å²) >= 11 is 0. The van der Waals surface area contributed by atoms with Crippen LogP contribution in [0.25, 0.3) is 0 Å². The molecule has 9 nitrogen and oxygen atoms in total. The third kappa shape index (κ3) is 11.7. The van der Waals surface area contributed by atoms with Crippen LogP contribution in [0.3, 0.4) is 0 Å². The molecule has 0 aliphatic heterocycles. The number of benzene rings is 3. The van der Waals surface area contributed by atoms with Crippen LogP contribution in [-0.4, -0.2) is 35.7 Å². The summed E-state index contributed by atoms with van der Waals surface area (Å²) in [4.78, 5) is 35.9. The molecule has 0 aliphatic carbocycles. The Labute approximate surface area is 311 Å². The molecule has 0 heterocycles. The lowest BCUT2D eigenvalue weighted by atomic mass is 9.86. The molecule has 0 saturated heterocycles. The van der Waals surface area contributed by atoms with Gasteiger partial charge in [0.2, 0.25) is 0 Å². The minimum Gasteiger partial charge on any atom is -0.483 e. The average molecular weight is 737 g/mol. The van der Waals surface area contributed by atoms with Crippen LogP contribution >= 0.6 is 8.60 Å². The van der Waals surface area contributed by atoms with E-state index in [0.29, 0.717) is 34.5 Å². The van der Waals surface area contributed by atoms with Gasteiger partial charge in [0.25, 0.3) is 0 Å². The number of rotatable bonds is 15. The molecule has 3 atom stereocenters. The van der Waals surface area contributed by atoms with Gasteiger partial charge in [0.1, 0.15) is 34.5 Å². The molecule has 3 aromatic carbocycles. The number of hydrogen-bond donors (Lipinski definition) is 0. The van der Waals surface area contributed by atoms with Crippen molar-refractivity contribution < 1.29 is 42.2 Å². The maximum atomic E-state index is 12.0. The minimum absolute atomic E-state index is 0.0772. The van der Waals surface area contributed by atoms with Gasteiger partial charge < -0.3 is 27.8 Å². The molecule has 0 aliphatic rings. The minimum atomic E-state index is -2.17. The first-order chi connectivity index (χ1) is 23.9. The largest absolute Gasteiger partial charge is 0.530 e. The summed E-state index contributed by atoms with van der Waals surface area (Å²) < 4.78 is 38.0. The molecular weight excluding hydrogens is 679 g/mol. The van der Waals surface area contributed by atoms with E-state index in [0.717, 1.165) is 16.7 Å². The van der Waals surface area contributed by atoms with Crippen LogP contribution in [0, 0.1) is 0 Å². The summed E-state index contributed by atoms with van der Waals surface area (Å²) in [6, 6.07) is 16.4. The molecular formula is C42H57O9P. The van der Waals surface area contributed by atoms with Gasteiger partial charge >= 0.3 is 8.60 Å². The maximum Gasteiger partial charge on any atom is 0.530 e. The number of carbonyl (C=O) groups excluding carboxylic acids is 3. The molecule has 52 heavy (non-hydrogen) atoms. The molecule has 10 heteroatoms. The fraction of sp³-hybridized carbons (Fsp3) is 0.500. The Morgan fingerprint density at radius 1 is 0.462 bits per heavy atom. The van der Waals surface area contributed by atoms with Gasteiger partial charge in [-0.1, -0.05) is 62.3 Å². The average Bonchev–Trinajstić information content (AvgIpc) is 3.01. The highest BCUT2D eigenvalue weighted by atomic mass is 31.2. The zero-order valence-electron chi connectivity index (χ0n) is 33.5. The number of carbonyl (C=O) groups is 3. The van der Waals surface area contributed by atoms with Crippen molar-refractivity contribution in [1.82, 2.24) is 0 Å². The quantitative estimate of drug-likeness (QED) is 0.141. The highest BCUT2D eigenvalue weighted by Crippen LogP contribution is 2.50. The van der Waals surface area contributed by atoms with Crippen molar-refractivity contribution in [2.75, 3.05) is 0 Å². The first-order valence-electron chi connectivity index (χ1n) is 17.7. The molecule has 0 aromatic heterocycles. The number of hydrogen-bond acceptors (Lipinski definition) is 9. The fourth-order valence-electron chi connectivity index (χ4n) is 4.90. The molecule has 0 spiro atoms. The standard InChI is InChI=1S/C42H57O9P/c1-25(43)28(4)46-31-16-19-37(34(22-31)40(7,8)9)49-52(50-38-20-17-32(47-29(5)26(2)44)23-35(38)41(10,11)12)51-39-21-18-33(48-30(6)27(3)45)24-36(39)42(13,14)15/h16-24,28-30H,1-15H3. The van der Waals surface area contributed by atoms with Crippen LogP contribution in [-0.2, 0) is 30.6 Å². The van der Waals surface area contributed by atoms with E-state index in [-0.39, 0.29) is 33.6 Å². The fourth-order valence-corrected chi connectivity index (χ4v) is 5.97. The van der Waals surface area contributed by atoms with Crippen molar-refractivity contribution in [3.05, 3.63) is 71.3 Å². The summed E-state index contributed by atoms with van der Waals surface area (Å²) in [5.41, 5.74) is 1.33. The van der Waals surface area contributed by atoms with Gasteiger partial charge in [-0.2, -0.15) is 0 Å². The van der Waals surface area contributed by atoms with Gasteiger partial charge in [-0.3, -0.25) is 14.4 Å². The lowest BCUT2D eigenvalue weighted by Gasteiger charge is -2.29. The summed E-state index contributed by atoms with van der Waals surface area (Å²) in [6.07, 6.45) is -1.82. The van der Waals surface area contributed by atoms with Crippen molar-refractivity contribution in [3.63, 3.8) is 0 Å². The van der Waals surface area contributed by atoms with E-state index in [4.69, 9.17) is 27.8 Å². The van der Waals surface area contributed by atoms with Gasteiger partial charge in [-0.05, 0) is 112 Å². The Morgan fingerprint density at radius 2 is 0.692 bits per heavy atom. The molecule has 3 rings (SSSR count). The number of Topliss-reactive ketones (excluding diaryl/α,β-unsaturated/α-hetero) is 3. The van der Waals surface area contributed by atoms with E-state index in [9.17, 15) is 14.4 Å². The second kappa shape index (κ2) is 16.7. The van der Waals surface area contributed by atoms with Gasteiger partial charge in [-0.15, -0.1) is 0 Å². The summed E-state index contributed by atoms with van der Waals surface area (Å²) in [5.74, 6) is 2.99. The van der Waals surface area contributed by atoms with Crippen molar-refractivity contribution in [2.45, 2.75) is 138 Å². The summed E-state index contributed by atoms with van der Waals surface area (Å²) in [6.45, 7) is 28.2. The van der Waals surface area contributed by atoms with E-state index in [1.165, 1.54) is 20.8 Å². The van der Waals surface area contributed by atoms with E-state index >= 15 is 0 Å². The van der Waals surface area contributed by atoms with Crippen LogP contribution in [0.1, 0.15) is 121 Å². The predicted octanol–water partition coefficient (Wildman–Crippen LogP) is 10.4. The van der Waals surface area contributed by atoms with E-state index < -0.39 is 26.9 Å². The van der Waals surface area contributed by atoms with E-state index in [2.05, 4.69) is 62.3 Å². The summed E-state index contributed by atoms with van der Waals surface area (Å²) in [7, 11) is -2.17. The molecule has 0 amide bonds. The molecule has 0 N–H and O–H groups in total. The Hall–Kier alpha value is -4.10. The number of ketones is 3. The first kappa shape index (κ1) is 42.3. The van der Waals surface area contributed by atoms with Gasteiger partial charge in [0, 0.05) is 16.7 Å². The monoisotopic (exact) mass is 736 g/mol. The molecule has 0 bridgehead atoms. The van der Waals surface area contributed by atoms with Crippen molar-refractivity contribution >= 4 is 26.0 Å².